The molecule has 0 saturated carbocycles. The SMILES string of the molecule is CNC(=O)C(=NOC)c1ccccc1COc1ccc2cc(Br)ccc2c1. The van der Waals surface area contributed by atoms with Crippen molar-refractivity contribution in [2.24, 2.45) is 5.16 Å². The molecule has 0 bridgehead atoms. The van der Waals surface area contributed by atoms with Gasteiger partial charge in [0.05, 0.1) is 0 Å². The maximum absolute atomic E-state index is 12.1. The smallest absolute Gasteiger partial charge is 0.273 e. The number of nitrogens with zero attached hydrogens (tertiary/aromatic N) is 1. The molecule has 0 aliphatic carbocycles. The molecule has 0 saturated heterocycles. The van der Waals surface area contributed by atoms with E-state index in [4.69, 9.17) is 9.57 Å². The molecular formula is C21H19BrN2O3. The van der Waals surface area contributed by atoms with Crippen molar-refractivity contribution >= 4 is 38.3 Å². The number of carbonyl (C=O) groups excluding carboxylic acids is 1. The first-order valence-electron chi connectivity index (χ1n) is 8.36. The van der Waals surface area contributed by atoms with Gasteiger partial charge in [0.1, 0.15) is 19.5 Å². The van der Waals surface area contributed by atoms with Crippen LogP contribution >= 0.6 is 15.9 Å². The average molecular weight is 427 g/mol. The highest BCUT2D eigenvalue weighted by atomic mass is 79.9. The highest BCUT2D eigenvalue weighted by Gasteiger charge is 2.17. The van der Waals surface area contributed by atoms with E-state index < -0.39 is 0 Å². The fraction of sp³-hybridized carbons (Fsp3) is 0.143. The van der Waals surface area contributed by atoms with Crippen LogP contribution in [0.5, 0.6) is 5.75 Å². The molecule has 0 fully saturated rings. The monoisotopic (exact) mass is 426 g/mol. The standard InChI is InChI=1S/C21H19BrN2O3/c1-23-21(25)20(24-26-2)19-6-4-3-5-16(19)13-27-18-10-8-14-11-17(22)9-7-15(14)12-18/h3-12H,13H2,1-2H3,(H,23,25). The summed E-state index contributed by atoms with van der Waals surface area (Å²) in [6, 6.07) is 19.5. The van der Waals surface area contributed by atoms with Gasteiger partial charge in [-0.25, -0.2) is 0 Å². The molecule has 0 aliphatic heterocycles. The number of ether oxygens (including phenoxy) is 1. The van der Waals surface area contributed by atoms with Gasteiger partial charge in [0.25, 0.3) is 5.91 Å². The molecule has 0 spiro atoms. The van der Waals surface area contributed by atoms with Crippen LogP contribution < -0.4 is 10.1 Å². The first-order chi connectivity index (χ1) is 13.1. The van der Waals surface area contributed by atoms with Crippen LogP contribution in [0.25, 0.3) is 10.8 Å². The van der Waals surface area contributed by atoms with Crippen LogP contribution in [0, 0.1) is 0 Å². The summed E-state index contributed by atoms with van der Waals surface area (Å²) < 4.78 is 7.01. The van der Waals surface area contributed by atoms with E-state index in [1.54, 1.807) is 7.05 Å². The van der Waals surface area contributed by atoms with Crippen LogP contribution in [0.15, 0.2) is 70.3 Å². The summed E-state index contributed by atoms with van der Waals surface area (Å²) in [4.78, 5) is 17.0. The molecule has 0 heterocycles. The number of benzene rings is 3. The van der Waals surface area contributed by atoms with Crippen LogP contribution in [0.2, 0.25) is 0 Å². The largest absolute Gasteiger partial charge is 0.489 e. The van der Waals surface area contributed by atoms with Crippen molar-refractivity contribution < 1.29 is 14.4 Å². The van der Waals surface area contributed by atoms with Gasteiger partial charge in [-0.15, -0.1) is 0 Å². The number of nitrogens with one attached hydrogen (secondary N) is 1. The minimum Gasteiger partial charge on any atom is -0.489 e. The third-order valence-electron chi connectivity index (χ3n) is 4.07. The Labute approximate surface area is 166 Å². The zero-order chi connectivity index (χ0) is 19.2. The van der Waals surface area contributed by atoms with Gasteiger partial charge in [0.15, 0.2) is 5.71 Å². The molecular weight excluding hydrogens is 408 g/mol. The van der Waals surface area contributed by atoms with Crippen LogP contribution in [0.3, 0.4) is 0 Å². The summed E-state index contributed by atoms with van der Waals surface area (Å²) in [5.74, 6) is 0.436. The predicted molar refractivity (Wildman–Crippen MR) is 110 cm³/mol. The van der Waals surface area contributed by atoms with Crippen LogP contribution in [0.4, 0.5) is 0 Å². The molecule has 27 heavy (non-hydrogen) atoms. The second-order valence-electron chi connectivity index (χ2n) is 5.80. The lowest BCUT2D eigenvalue weighted by Gasteiger charge is -2.12. The Morgan fingerprint density at radius 3 is 2.59 bits per heavy atom. The number of oxime groups is 1. The van der Waals surface area contributed by atoms with Crippen LogP contribution in [0.1, 0.15) is 11.1 Å². The van der Waals surface area contributed by atoms with Gasteiger partial charge < -0.3 is 14.9 Å². The fourth-order valence-corrected chi connectivity index (χ4v) is 3.12. The molecule has 0 atom stereocenters. The zero-order valence-electron chi connectivity index (χ0n) is 15.0. The lowest BCUT2D eigenvalue weighted by atomic mass is 10.0. The van der Waals surface area contributed by atoms with Gasteiger partial charge >= 0.3 is 0 Å². The Kier molecular flexibility index (Phi) is 6.08. The highest BCUT2D eigenvalue weighted by Crippen LogP contribution is 2.25. The van der Waals surface area contributed by atoms with Gasteiger partial charge in [-0.2, -0.15) is 0 Å². The van der Waals surface area contributed by atoms with Gasteiger partial charge in [0, 0.05) is 17.1 Å². The van der Waals surface area contributed by atoms with E-state index in [1.807, 2.05) is 54.6 Å². The Hall–Kier alpha value is -2.86. The van der Waals surface area contributed by atoms with E-state index in [0.29, 0.717) is 12.2 Å². The van der Waals surface area contributed by atoms with Crippen molar-refractivity contribution in [1.29, 1.82) is 0 Å². The third-order valence-corrected chi connectivity index (χ3v) is 4.56. The Balaban J connectivity index is 1.85. The summed E-state index contributed by atoms with van der Waals surface area (Å²) in [6.45, 7) is 0.304. The maximum Gasteiger partial charge on any atom is 0.273 e. The van der Waals surface area contributed by atoms with E-state index in [2.05, 4.69) is 32.5 Å². The van der Waals surface area contributed by atoms with Crippen LogP contribution in [-0.4, -0.2) is 25.8 Å². The lowest BCUT2D eigenvalue weighted by Crippen LogP contribution is -2.29. The van der Waals surface area contributed by atoms with Crippen molar-refractivity contribution in [1.82, 2.24) is 5.32 Å². The first-order valence-corrected chi connectivity index (χ1v) is 9.15. The van der Waals surface area contributed by atoms with E-state index >= 15 is 0 Å². The molecule has 0 radical (unpaired) electrons. The Bertz CT molecular complexity index is 1000. The Morgan fingerprint density at radius 1 is 1.07 bits per heavy atom. The van der Waals surface area contributed by atoms with Crippen LogP contribution in [-0.2, 0) is 16.2 Å². The molecule has 3 aromatic carbocycles. The topological polar surface area (TPSA) is 59.9 Å². The summed E-state index contributed by atoms with van der Waals surface area (Å²) in [5.41, 5.74) is 1.72. The van der Waals surface area contributed by atoms with Gasteiger partial charge in [-0.3, -0.25) is 4.79 Å². The van der Waals surface area contributed by atoms with Gasteiger partial charge in [0.2, 0.25) is 0 Å². The normalized spacial score (nSPS) is 11.3. The highest BCUT2D eigenvalue weighted by molar-refractivity contribution is 9.10. The van der Waals surface area contributed by atoms with Crippen molar-refractivity contribution in [3.05, 3.63) is 76.3 Å². The van der Waals surface area contributed by atoms with Crippen molar-refractivity contribution in [2.45, 2.75) is 6.61 Å². The number of likely N-dealkylation sites (N-methyl/N-ethyl adjacent to an activating group) is 1. The first kappa shape index (κ1) is 18.9. The summed E-state index contributed by atoms with van der Waals surface area (Å²) in [5, 5.41) is 8.68. The van der Waals surface area contributed by atoms with E-state index in [0.717, 1.165) is 26.6 Å². The quantitative estimate of drug-likeness (QED) is 0.472. The minimum absolute atomic E-state index is 0.211. The molecule has 1 N–H and O–H groups in total. The lowest BCUT2D eigenvalue weighted by molar-refractivity contribution is -0.114. The molecule has 3 aromatic rings. The third kappa shape index (κ3) is 4.46. The number of amides is 1. The number of hydrogen-bond donors (Lipinski definition) is 1. The van der Waals surface area contributed by atoms with E-state index in [1.165, 1.54) is 7.11 Å². The number of carbonyl (C=O) groups is 1. The van der Waals surface area contributed by atoms with Crippen molar-refractivity contribution in [3.63, 3.8) is 0 Å². The maximum atomic E-state index is 12.1. The minimum atomic E-state index is -0.319. The second kappa shape index (κ2) is 8.68. The number of hydrogen-bond acceptors (Lipinski definition) is 4. The molecule has 6 heteroatoms. The number of fused-ring (bicyclic) bond motifs is 1. The molecule has 0 unspecified atom stereocenters. The van der Waals surface area contributed by atoms with Crippen molar-refractivity contribution in [2.75, 3.05) is 14.2 Å². The summed E-state index contributed by atoms with van der Waals surface area (Å²) in [7, 11) is 2.97. The summed E-state index contributed by atoms with van der Waals surface area (Å²) in [6.07, 6.45) is 0. The van der Waals surface area contributed by atoms with E-state index in [-0.39, 0.29) is 11.6 Å². The molecule has 5 nitrogen and oxygen atoms in total. The molecule has 0 aromatic heterocycles. The van der Waals surface area contributed by atoms with E-state index in [9.17, 15) is 4.79 Å². The number of halogens is 1. The second-order valence-corrected chi connectivity index (χ2v) is 6.72. The fourth-order valence-electron chi connectivity index (χ4n) is 2.75. The average Bonchev–Trinajstić information content (AvgIpc) is 2.70. The predicted octanol–water partition coefficient (Wildman–Crippen LogP) is 4.28. The number of rotatable bonds is 6. The van der Waals surface area contributed by atoms with Gasteiger partial charge in [-0.05, 0) is 40.6 Å². The van der Waals surface area contributed by atoms with Gasteiger partial charge in [-0.1, -0.05) is 57.5 Å². The summed E-state index contributed by atoms with van der Waals surface area (Å²) >= 11 is 3.48. The van der Waals surface area contributed by atoms with Crippen molar-refractivity contribution in [3.8, 4) is 5.75 Å². The zero-order valence-corrected chi connectivity index (χ0v) is 16.6. The Morgan fingerprint density at radius 2 is 1.81 bits per heavy atom. The molecule has 138 valence electrons. The molecule has 1 amide bonds. The molecule has 3 rings (SSSR count). The molecule has 0 aliphatic rings.